The van der Waals surface area contributed by atoms with Crippen LogP contribution in [0.25, 0.3) is 0 Å². The molecule has 0 bridgehead atoms. The lowest BCUT2D eigenvalue weighted by Gasteiger charge is -2.32. The van der Waals surface area contributed by atoms with Crippen molar-refractivity contribution < 1.29 is 0 Å². The molecule has 0 spiro atoms. The molecule has 0 aromatic rings. The maximum atomic E-state index is 5.32. The molecule has 1 aliphatic heterocycles. The number of nitrogens with one attached hydrogen (secondary N) is 1. The summed E-state index contributed by atoms with van der Waals surface area (Å²) in [7, 11) is 0. The van der Waals surface area contributed by atoms with Crippen LogP contribution in [0.1, 0.15) is 38.5 Å². The topological polar surface area (TPSA) is 15.3 Å². The van der Waals surface area contributed by atoms with Crippen LogP contribution in [0, 0.1) is 12.3 Å². The number of hydrogen-bond acceptors (Lipinski definition) is 2. The van der Waals surface area contributed by atoms with Gasteiger partial charge in [-0.15, -0.1) is 6.42 Å². The maximum Gasteiger partial charge on any atom is 0.0598 e. The lowest BCUT2D eigenvalue weighted by Crippen LogP contribution is -2.45. The smallest absolute Gasteiger partial charge is 0.0598 e. The molecule has 0 unspecified atom stereocenters. The molecule has 0 atom stereocenters. The van der Waals surface area contributed by atoms with Crippen LogP contribution in [0.2, 0.25) is 0 Å². The first-order valence-electron chi connectivity index (χ1n) is 6.30. The van der Waals surface area contributed by atoms with Crippen LogP contribution in [-0.2, 0) is 0 Å². The molecule has 0 aromatic carbocycles. The van der Waals surface area contributed by atoms with Crippen molar-refractivity contribution in [2.24, 2.45) is 0 Å². The quantitative estimate of drug-likeness (QED) is 0.706. The highest BCUT2D eigenvalue weighted by Crippen LogP contribution is 2.20. The average molecular weight is 206 g/mol. The van der Waals surface area contributed by atoms with Gasteiger partial charge in [0.25, 0.3) is 0 Å². The highest BCUT2D eigenvalue weighted by Gasteiger charge is 2.22. The summed E-state index contributed by atoms with van der Waals surface area (Å²) < 4.78 is 0. The molecule has 15 heavy (non-hydrogen) atoms. The van der Waals surface area contributed by atoms with Crippen LogP contribution in [0.5, 0.6) is 0 Å². The molecule has 0 aromatic heterocycles. The number of rotatable bonds is 3. The summed E-state index contributed by atoms with van der Waals surface area (Å²) in [6.45, 7) is 3.18. The van der Waals surface area contributed by atoms with E-state index in [4.69, 9.17) is 6.42 Å². The van der Waals surface area contributed by atoms with E-state index in [1.165, 1.54) is 51.6 Å². The molecular weight excluding hydrogens is 184 g/mol. The van der Waals surface area contributed by atoms with E-state index in [0.29, 0.717) is 0 Å². The normalized spacial score (nSPS) is 25.5. The highest BCUT2D eigenvalue weighted by atomic mass is 15.1. The van der Waals surface area contributed by atoms with Crippen LogP contribution < -0.4 is 5.32 Å². The van der Waals surface area contributed by atoms with E-state index >= 15 is 0 Å². The van der Waals surface area contributed by atoms with E-state index in [1.54, 1.807) is 0 Å². The van der Waals surface area contributed by atoms with Gasteiger partial charge in [-0.25, -0.2) is 0 Å². The molecule has 1 saturated carbocycles. The zero-order valence-electron chi connectivity index (χ0n) is 9.54. The van der Waals surface area contributed by atoms with Crippen molar-refractivity contribution in [3.63, 3.8) is 0 Å². The van der Waals surface area contributed by atoms with E-state index < -0.39 is 0 Å². The second-order valence-corrected chi connectivity index (χ2v) is 4.90. The Morgan fingerprint density at radius 3 is 2.27 bits per heavy atom. The van der Waals surface area contributed by atoms with Crippen LogP contribution in [0.15, 0.2) is 0 Å². The Morgan fingerprint density at radius 2 is 1.67 bits per heavy atom. The summed E-state index contributed by atoms with van der Waals surface area (Å²) >= 11 is 0. The van der Waals surface area contributed by atoms with Gasteiger partial charge in [0, 0.05) is 25.2 Å². The zero-order chi connectivity index (χ0) is 10.5. The third-order valence-corrected chi connectivity index (χ3v) is 3.73. The van der Waals surface area contributed by atoms with E-state index in [1.807, 2.05) is 0 Å². The Bertz CT molecular complexity index is 217. The summed E-state index contributed by atoms with van der Waals surface area (Å²) in [6, 6.07) is 1.57. The summed E-state index contributed by atoms with van der Waals surface area (Å²) in [4.78, 5) is 2.38. The lowest BCUT2D eigenvalue weighted by molar-refractivity contribution is 0.209. The van der Waals surface area contributed by atoms with Crippen LogP contribution in [0.3, 0.4) is 0 Å². The maximum absolute atomic E-state index is 5.32. The van der Waals surface area contributed by atoms with Gasteiger partial charge in [-0.2, -0.15) is 0 Å². The SMILES string of the molecule is C#CCN1CCC(NC2CCCC2)CC1. The number of terminal acetylenes is 1. The van der Waals surface area contributed by atoms with Gasteiger partial charge < -0.3 is 5.32 Å². The predicted molar refractivity (Wildman–Crippen MR) is 63.7 cm³/mol. The Labute approximate surface area is 93.4 Å². The average Bonchev–Trinajstić information content (AvgIpc) is 2.74. The standard InChI is InChI=1S/C13H22N2/c1-2-9-15-10-7-13(8-11-15)14-12-5-3-4-6-12/h1,12-14H,3-11H2. The first-order chi connectivity index (χ1) is 7.38. The minimum Gasteiger partial charge on any atom is -0.311 e. The molecule has 1 N–H and O–H groups in total. The predicted octanol–water partition coefficient (Wildman–Crippen LogP) is 1.62. The zero-order valence-corrected chi connectivity index (χ0v) is 9.54. The number of piperidine rings is 1. The van der Waals surface area contributed by atoms with Gasteiger partial charge in [-0.05, 0) is 25.7 Å². The van der Waals surface area contributed by atoms with Gasteiger partial charge >= 0.3 is 0 Å². The molecular formula is C13H22N2. The van der Waals surface area contributed by atoms with Crippen LogP contribution in [0.4, 0.5) is 0 Å². The fraction of sp³-hybridized carbons (Fsp3) is 0.846. The van der Waals surface area contributed by atoms with Gasteiger partial charge in [0.15, 0.2) is 0 Å². The van der Waals surface area contributed by atoms with Crippen molar-refractivity contribution in [1.29, 1.82) is 0 Å². The Balaban J connectivity index is 1.67. The third-order valence-electron chi connectivity index (χ3n) is 3.73. The molecule has 0 amide bonds. The van der Waals surface area contributed by atoms with Gasteiger partial charge in [0.1, 0.15) is 0 Å². The molecule has 1 aliphatic carbocycles. The van der Waals surface area contributed by atoms with Crippen molar-refractivity contribution in [1.82, 2.24) is 10.2 Å². The molecule has 1 saturated heterocycles. The molecule has 2 fully saturated rings. The van der Waals surface area contributed by atoms with E-state index in [2.05, 4.69) is 16.1 Å². The fourth-order valence-corrected chi connectivity index (χ4v) is 2.81. The lowest BCUT2D eigenvalue weighted by atomic mass is 10.0. The summed E-state index contributed by atoms with van der Waals surface area (Å²) in [6.07, 6.45) is 13.5. The monoisotopic (exact) mass is 206 g/mol. The Kier molecular flexibility index (Phi) is 4.05. The minimum absolute atomic E-state index is 0.752. The molecule has 2 nitrogen and oxygen atoms in total. The Morgan fingerprint density at radius 1 is 1.07 bits per heavy atom. The van der Waals surface area contributed by atoms with E-state index in [9.17, 15) is 0 Å². The Hall–Kier alpha value is -0.520. The van der Waals surface area contributed by atoms with Crippen molar-refractivity contribution in [2.75, 3.05) is 19.6 Å². The molecule has 2 aliphatic rings. The summed E-state index contributed by atoms with van der Waals surface area (Å²) in [5, 5.41) is 3.80. The van der Waals surface area contributed by atoms with Gasteiger partial charge in [0.05, 0.1) is 6.54 Å². The first kappa shape index (κ1) is 11.0. The van der Waals surface area contributed by atoms with Gasteiger partial charge in [-0.1, -0.05) is 18.8 Å². The van der Waals surface area contributed by atoms with Gasteiger partial charge in [0.2, 0.25) is 0 Å². The fourth-order valence-electron chi connectivity index (χ4n) is 2.81. The molecule has 2 heteroatoms. The van der Waals surface area contributed by atoms with E-state index in [0.717, 1.165) is 18.6 Å². The first-order valence-corrected chi connectivity index (χ1v) is 6.30. The molecule has 1 heterocycles. The van der Waals surface area contributed by atoms with Crippen molar-refractivity contribution >= 4 is 0 Å². The number of nitrogens with zero attached hydrogens (tertiary/aromatic N) is 1. The largest absolute Gasteiger partial charge is 0.311 e. The molecule has 0 radical (unpaired) electrons. The molecule has 84 valence electrons. The van der Waals surface area contributed by atoms with Gasteiger partial charge in [-0.3, -0.25) is 4.90 Å². The van der Waals surface area contributed by atoms with E-state index in [-0.39, 0.29) is 0 Å². The van der Waals surface area contributed by atoms with Crippen molar-refractivity contribution in [3.8, 4) is 12.3 Å². The second-order valence-electron chi connectivity index (χ2n) is 4.90. The van der Waals surface area contributed by atoms with Crippen LogP contribution in [-0.4, -0.2) is 36.6 Å². The summed E-state index contributed by atoms with van der Waals surface area (Å²) in [5.41, 5.74) is 0. The molecule has 2 rings (SSSR count). The van der Waals surface area contributed by atoms with Crippen LogP contribution >= 0.6 is 0 Å². The third kappa shape index (κ3) is 3.22. The highest BCUT2D eigenvalue weighted by molar-refractivity contribution is 4.91. The van der Waals surface area contributed by atoms with Crippen molar-refractivity contribution in [3.05, 3.63) is 0 Å². The number of likely N-dealkylation sites (tertiary alicyclic amines) is 1. The minimum atomic E-state index is 0.752. The number of hydrogen-bond donors (Lipinski definition) is 1. The summed E-state index contributed by atoms with van der Waals surface area (Å²) in [5.74, 6) is 2.73. The van der Waals surface area contributed by atoms with Crippen molar-refractivity contribution in [2.45, 2.75) is 50.6 Å². The second kappa shape index (κ2) is 5.53.